The molecule has 104 valence electrons. The number of aromatic nitrogens is 2. The van der Waals surface area contributed by atoms with Gasteiger partial charge in [-0.25, -0.2) is 23.5 Å². The van der Waals surface area contributed by atoms with Crippen molar-refractivity contribution in [3.8, 4) is 11.3 Å². The molecule has 2 aromatic rings. The Bertz CT molecular complexity index is 675. The molecule has 7 heteroatoms. The second-order valence-electron chi connectivity index (χ2n) is 4.27. The van der Waals surface area contributed by atoms with Gasteiger partial charge >= 0.3 is 5.97 Å². The predicted molar refractivity (Wildman–Crippen MR) is 68.7 cm³/mol. The zero-order valence-corrected chi connectivity index (χ0v) is 10.8. The van der Waals surface area contributed by atoms with Gasteiger partial charge in [0.15, 0.2) is 17.3 Å². The molecule has 1 aromatic carbocycles. The number of hydrogen-bond acceptors (Lipinski definition) is 4. The first-order chi connectivity index (χ1) is 9.38. The van der Waals surface area contributed by atoms with Gasteiger partial charge in [0.25, 0.3) is 0 Å². The van der Waals surface area contributed by atoms with Crippen molar-refractivity contribution >= 4 is 11.9 Å². The molecule has 0 amide bonds. The first-order valence-corrected chi connectivity index (χ1v) is 5.63. The molecular weight excluding hydrogens is 268 g/mol. The van der Waals surface area contributed by atoms with Crippen LogP contribution in [0.3, 0.4) is 0 Å². The minimum absolute atomic E-state index is 0.171. The third-order valence-electron chi connectivity index (χ3n) is 2.55. The Morgan fingerprint density at radius 2 is 1.85 bits per heavy atom. The molecule has 0 radical (unpaired) electrons. The van der Waals surface area contributed by atoms with Crippen LogP contribution in [-0.2, 0) is 0 Å². The summed E-state index contributed by atoms with van der Waals surface area (Å²) in [6.07, 6.45) is 0. The number of carboxylic acid groups (broad SMARTS) is 1. The predicted octanol–water partition coefficient (Wildman–Crippen LogP) is 2.19. The lowest BCUT2D eigenvalue weighted by atomic mass is 10.1. The van der Waals surface area contributed by atoms with Crippen molar-refractivity contribution in [1.82, 2.24) is 9.97 Å². The fourth-order valence-electron chi connectivity index (χ4n) is 1.55. The van der Waals surface area contributed by atoms with E-state index in [2.05, 4.69) is 9.97 Å². The number of carbonyl (C=O) groups is 1. The van der Waals surface area contributed by atoms with Crippen LogP contribution in [0.5, 0.6) is 0 Å². The van der Waals surface area contributed by atoms with Gasteiger partial charge in [0, 0.05) is 19.7 Å². The molecule has 0 bridgehead atoms. The van der Waals surface area contributed by atoms with E-state index in [-0.39, 0.29) is 22.9 Å². The Kier molecular flexibility index (Phi) is 3.60. The van der Waals surface area contributed by atoms with Gasteiger partial charge in [-0.05, 0) is 24.3 Å². The van der Waals surface area contributed by atoms with Gasteiger partial charge in [-0.1, -0.05) is 0 Å². The Labute approximate surface area is 113 Å². The monoisotopic (exact) mass is 279 g/mol. The van der Waals surface area contributed by atoms with E-state index in [9.17, 15) is 13.6 Å². The lowest BCUT2D eigenvalue weighted by Crippen LogP contribution is -2.15. The molecule has 0 aliphatic rings. The third kappa shape index (κ3) is 2.71. The fraction of sp³-hybridized carbons (Fsp3) is 0.154. The van der Waals surface area contributed by atoms with Crippen LogP contribution in [0.4, 0.5) is 14.7 Å². The van der Waals surface area contributed by atoms with Crippen LogP contribution in [0.15, 0.2) is 24.3 Å². The maximum absolute atomic E-state index is 13.2. The SMILES string of the molecule is CN(C)c1nc(C(=O)O)cc(-c2ccc(F)c(F)c2)n1. The Morgan fingerprint density at radius 1 is 1.15 bits per heavy atom. The zero-order valence-electron chi connectivity index (χ0n) is 10.8. The number of rotatable bonds is 3. The molecule has 0 spiro atoms. The van der Waals surface area contributed by atoms with Crippen molar-refractivity contribution in [2.75, 3.05) is 19.0 Å². The second-order valence-corrected chi connectivity index (χ2v) is 4.27. The summed E-state index contributed by atoms with van der Waals surface area (Å²) in [5, 5.41) is 9.02. The number of benzene rings is 1. The van der Waals surface area contributed by atoms with E-state index in [4.69, 9.17) is 5.11 Å². The Balaban J connectivity index is 2.60. The molecular formula is C13H11F2N3O2. The van der Waals surface area contributed by atoms with Crippen molar-refractivity contribution in [2.45, 2.75) is 0 Å². The van der Waals surface area contributed by atoms with E-state index in [1.165, 1.54) is 17.0 Å². The number of halogens is 2. The highest BCUT2D eigenvalue weighted by Gasteiger charge is 2.14. The molecule has 0 unspecified atom stereocenters. The molecule has 5 nitrogen and oxygen atoms in total. The largest absolute Gasteiger partial charge is 0.477 e. The van der Waals surface area contributed by atoms with Crippen molar-refractivity contribution in [2.24, 2.45) is 0 Å². The second kappa shape index (κ2) is 5.20. The van der Waals surface area contributed by atoms with Gasteiger partial charge in [0.05, 0.1) is 5.69 Å². The highest BCUT2D eigenvalue weighted by molar-refractivity contribution is 5.87. The van der Waals surface area contributed by atoms with E-state index in [1.54, 1.807) is 14.1 Å². The molecule has 0 saturated heterocycles. The molecule has 0 fully saturated rings. The van der Waals surface area contributed by atoms with Gasteiger partial charge < -0.3 is 10.0 Å². The molecule has 1 aromatic heterocycles. The molecule has 1 heterocycles. The summed E-state index contributed by atoms with van der Waals surface area (Å²) in [5.74, 6) is -3.05. The molecule has 0 atom stereocenters. The van der Waals surface area contributed by atoms with E-state index < -0.39 is 17.6 Å². The van der Waals surface area contributed by atoms with E-state index in [1.807, 2.05) is 0 Å². The standard InChI is InChI=1S/C13H11F2N3O2/c1-18(2)13-16-10(6-11(17-13)12(19)20)7-3-4-8(14)9(15)5-7/h3-6H,1-2H3,(H,19,20). The highest BCUT2D eigenvalue weighted by atomic mass is 19.2. The summed E-state index contributed by atoms with van der Waals surface area (Å²) >= 11 is 0. The Morgan fingerprint density at radius 3 is 2.40 bits per heavy atom. The van der Waals surface area contributed by atoms with Gasteiger partial charge in [-0.2, -0.15) is 0 Å². The van der Waals surface area contributed by atoms with Crippen LogP contribution in [0, 0.1) is 11.6 Å². The number of aromatic carboxylic acids is 1. The number of hydrogen-bond donors (Lipinski definition) is 1. The smallest absolute Gasteiger partial charge is 0.354 e. The van der Waals surface area contributed by atoms with E-state index in [0.29, 0.717) is 0 Å². The van der Waals surface area contributed by atoms with Crippen molar-refractivity contribution in [3.63, 3.8) is 0 Å². The van der Waals surface area contributed by atoms with Crippen molar-refractivity contribution in [3.05, 3.63) is 41.6 Å². The summed E-state index contributed by atoms with van der Waals surface area (Å²) in [6.45, 7) is 0. The fourth-order valence-corrected chi connectivity index (χ4v) is 1.55. The topological polar surface area (TPSA) is 66.3 Å². The molecule has 20 heavy (non-hydrogen) atoms. The minimum Gasteiger partial charge on any atom is -0.477 e. The first kappa shape index (κ1) is 13.9. The maximum Gasteiger partial charge on any atom is 0.354 e. The average molecular weight is 279 g/mol. The summed E-state index contributed by atoms with van der Waals surface area (Å²) in [7, 11) is 3.30. The van der Waals surface area contributed by atoms with Crippen LogP contribution in [0.2, 0.25) is 0 Å². The van der Waals surface area contributed by atoms with Crippen molar-refractivity contribution in [1.29, 1.82) is 0 Å². The van der Waals surface area contributed by atoms with Gasteiger partial charge in [0.1, 0.15) is 0 Å². The van der Waals surface area contributed by atoms with Crippen LogP contribution in [0.25, 0.3) is 11.3 Å². The zero-order chi connectivity index (χ0) is 14.9. The number of nitrogens with zero attached hydrogens (tertiary/aromatic N) is 3. The number of carboxylic acids is 1. The first-order valence-electron chi connectivity index (χ1n) is 5.63. The normalized spacial score (nSPS) is 10.4. The van der Waals surface area contributed by atoms with Gasteiger partial charge in [0.2, 0.25) is 5.95 Å². The van der Waals surface area contributed by atoms with Gasteiger partial charge in [-0.3, -0.25) is 0 Å². The molecule has 0 aliphatic carbocycles. The van der Waals surface area contributed by atoms with Crippen LogP contribution >= 0.6 is 0 Å². The maximum atomic E-state index is 13.2. The summed E-state index contributed by atoms with van der Waals surface area (Å²) in [5.41, 5.74) is 0.264. The highest BCUT2D eigenvalue weighted by Crippen LogP contribution is 2.22. The van der Waals surface area contributed by atoms with Crippen LogP contribution in [0.1, 0.15) is 10.5 Å². The van der Waals surface area contributed by atoms with Crippen LogP contribution in [-0.4, -0.2) is 35.1 Å². The summed E-state index contributed by atoms with van der Waals surface area (Å²) in [6, 6.07) is 4.46. The lowest BCUT2D eigenvalue weighted by molar-refractivity contribution is 0.0690. The average Bonchev–Trinajstić information content (AvgIpc) is 2.41. The molecule has 1 N–H and O–H groups in total. The van der Waals surface area contributed by atoms with E-state index in [0.717, 1.165) is 12.1 Å². The van der Waals surface area contributed by atoms with E-state index >= 15 is 0 Å². The lowest BCUT2D eigenvalue weighted by Gasteiger charge is -2.12. The van der Waals surface area contributed by atoms with Crippen LogP contribution < -0.4 is 4.90 Å². The quantitative estimate of drug-likeness (QED) is 0.932. The van der Waals surface area contributed by atoms with Gasteiger partial charge in [-0.15, -0.1) is 0 Å². The van der Waals surface area contributed by atoms with Crippen molar-refractivity contribution < 1.29 is 18.7 Å². The molecule has 0 saturated carbocycles. The number of anilines is 1. The molecule has 2 rings (SSSR count). The summed E-state index contributed by atoms with van der Waals surface area (Å²) < 4.78 is 26.2. The Hall–Kier alpha value is -2.57. The summed E-state index contributed by atoms with van der Waals surface area (Å²) in [4.78, 5) is 20.5. The minimum atomic E-state index is -1.22. The third-order valence-corrected chi connectivity index (χ3v) is 2.55. The molecule has 0 aliphatic heterocycles.